The van der Waals surface area contributed by atoms with Gasteiger partial charge in [-0.1, -0.05) is 6.07 Å². The maximum absolute atomic E-state index is 13.7. The van der Waals surface area contributed by atoms with Gasteiger partial charge in [0.15, 0.2) is 0 Å². The van der Waals surface area contributed by atoms with Gasteiger partial charge in [-0.05, 0) is 29.8 Å². The molecule has 4 nitrogen and oxygen atoms in total. The Morgan fingerprint density at radius 1 is 1.17 bits per heavy atom. The SMILES string of the molecule is COc1cc(NS(=O)[O-])ccc1-c1ccc(C(F)(F)F)c(F)c1. The predicted molar refractivity (Wildman–Crippen MR) is 75.9 cm³/mol. The van der Waals surface area contributed by atoms with Crippen molar-refractivity contribution in [2.24, 2.45) is 0 Å². The molecular formula is C14H10F4NO3S-. The highest BCUT2D eigenvalue weighted by Gasteiger charge is 2.34. The number of alkyl halides is 3. The van der Waals surface area contributed by atoms with Gasteiger partial charge in [-0.25, -0.2) is 4.39 Å². The Kier molecular flexibility index (Phi) is 4.90. The van der Waals surface area contributed by atoms with Crippen molar-refractivity contribution in [1.82, 2.24) is 0 Å². The van der Waals surface area contributed by atoms with Crippen LogP contribution in [0.15, 0.2) is 36.4 Å². The quantitative estimate of drug-likeness (QED) is 0.677. The van der Waals surface area contributed by atoms with Crippen LogP contribution in [0.5, 0.6) is 5.75 Å². The number of hydrogen-bond donors (Lipinski definition) is 1. The minimum atomic E-state index is -4.78. The van der Waals surface area contributed by atoms with Gasteiger partial charge in [0.2, 0.25) is 0 Å². The lowest BCUT2D eigenvalue weighted by Crippen LogP contribution is -2.08. The maximum Gasteiger partial charge on any atom is 0.419 e. The lowest BCUT2D eigenvalue weighted by Gasteiger charge is -2.14. The Morgan fingerprint density at radius 2 is 1.87 bits per heavy atom. The molecule has 2 rings (SSSR count). The summed E-state index contributed by atoms with van der Waals surface area (Å²) < 4.78 is 79.7. The van der Waals surface area contributed by atoms with Gasteiger partial charge in [0.05, 0.1) is 12.7 Å². The van der Waals surface area contributed by atoms with E-state index in [0.717, 1.165) is 12.1 Å². The van der Waals surface area contributed by atoms with Gasteiger partial charge < -0.3 is 14.0 Å². The Bertz CT molecular complexity index is 749. The molecule has 0 bridgehead atoms. The van der Waals surface area contributed by atoms with Gasteiger partial charge in [0, 0.05) is 28.6 Å². The van der Waals surface area contributed by atoms with E-state index in [1.165, 1.54) is 25.3 Å². The zero-order valence-electron chi connectivity index (χ0n) is 11.6. The van der Waals surface area contributed by atoms with Crippen molar-refractivity contribution in [3.63, 3.8) is 0 Å². The van der Waals surface area contributed by atoms with Crippen molar-refractivity contribution < 1.29 is 31.1 Å². The van der Waals surface area contributed by atoms with E-state index in [9.17, 15) is 26.3 Å². The van der Waals surface area contributed by atoms with Crippen molar-refractivity contribution >= 4 is 17.0 Å². The number of anilines is 1. The standard InChI is InChI=1S/C14H11F4NO3S/c1-22-13-7-9(19-23(20)21)3-4-10(13)8-2-5-11(12(15)6-8)14(16,17)18/h2-7,19H,1H3,(H,20,21)/p-1. The second-order valence-corrected chi connectivity index (χ2v) is 5.12. The summed E-state index contributed by atoms with van der Waals surface area (Å²) in [6.45, 7) is 0. The summed E-state index contributed by atoms with van der Waals surface area (Å²) in [5.74, 6) is -1.22. The zero-order chi connectivity index (χ0) is 17.2. The maximum atomic E-state index is 13.7. The molecular weight excluding hydrogens is 338 g/mol. The van der Waals surface area contributed by atoms with Crippen molar-refractivity contribution in [3.05, 3.63) is 47.8 Å². The van der Waals surface area contributed by atoms with Gasteiger partial charge >= 0.3 is 6.18 Å². The third kappa shape index (κ3) is 3.99. The average Bonchev–Trinajstić information content (AvgIpc) is 2.45. The first-order chi connectivity index (χ1) is 10.7. The van der Waals surface area contributed by atoms with Crippen molar-refractivity contribution in [2.75, 3.05) is 11.8 Å². The molecule has 124 valence electrons. The molecule has 0 saturated carbocycles. The van der Waals surface area contributed by atoms with E-state index in [2.05, 4.69) is 4.72 Å². The van der Waals surface area contributed by atoms with E-state index < -0.39 is 28.8 Å². The highest BCUT2D eigenvalue weighted by atomic mass is 32.2. The van der Waals surface area contributed by atoms with Crippen molar-refractivity contribution in [2.45, 2.75) is 6.18 Å². The number of benzene rings is 2. The number of methoxy groups -OCH3 is 1. The molecule has 0 saturated heterocycles. The molecule has 1 unspecified atom stereocenters. The van der Waals surface area contributed by atoms with Gasteiger partial charge in [-0.3, -0.25) is 4.21 Å². The van der Waals surface area contributed by atoms with Crippen LogP contribution < -0.4 is 9.46 Å². The zero-order valence-corrected chi connectivity index (χ0v) is 12.4. The van der Waals surface area contributed by atoms with Crippen LogP contribution in [0.4, 0.5) is 23.2 Å². The Labute approximate surface area is 131 Å². The first-order valence-electron chi connectivity index (χ1n) is 6.13. The summed E-state index contributed by atoms with van der Waals surface area (Å²) in [4.78, 5) is 0. The monoisotopic (exact) mass is 348 g/mol. The van der Waals surface area contributed by atoms with Crippen LogP contribution in [-0.2, 0) is 17.4 Å². The van der Waals surface area contributed by atoms with Crippen LogP contribution in [0, 0.1) is 5.82 Å². The molecule has 0 aliphatic carbocycles. The summed E-state index contributed by atoms with van der Waals surface area (Å²) in [7, 11) is 1.30. The molecule has 1 atom stereocenters. The molecule has 0 spiro atoms. The molecule has 9 heteroatoms. The Balaban J connectivity index is 2.46. The normalized spacial score (nSPS) is 12.8. The smallest absolute Gasteiger partial charge is 0.419 e. The Morgan fingerprint density at radius 3 is 2.39 bits per heavy atom. The molecule has 2 aromatic rings. The molecule has 0 aliphatic rings. The van der Waals surface area contributed by atoms with E-state index in [0.29, 0.717) is 11.6 Å². The van der Waals surface area contributed by atoms with Crippen LogP contribution in [0.3, 0.4) is 0 Å². The molecule has 1 N–H and O–H groups in total. The summed E-state index contributed by atoms with van der Waals surface area (Å²) in [6.07, 6.45) is -4.78. The topological polar surface area (TPSA) is 61.4 Å². The second-order valence-electron chi connectivity index (χ2n) is 4.44. The molecule has 2 aromatic carbocycles. The number of halogens is 4. The molecule has 0 radical (unpaired) electrons. The molecule has 0 aromatic heterocycles. The van der Waals surface area contributed by atoms with Crippen LogP contribution in [-0.4, -0.2) is 15.9 Å². The van der Waals surface area contributed by atoms with Gasteiger partial charge in [-0.2, -0.15) is 13.2 Å². The van der Waals surface area contributed by atoms with Crippen molar-refractivity contribution in [3.8, 4) is 16.9 Å². The fraction of sp³-hybridized carbons (Fsp3) is 0.143. The van der Waals surface area contributed by atoms with Crippen LogP contribution in [0.1, 0.15) is 5.56 Å². The second kappa shape index (κ2) is 6.55. The Hall–Kier alpha value is -2.13. The molecule has 0 aliphatic heterocycles. The van der Waals surface area contributed by atoms with Gasteiger partial charge in [0.25, 0.3) is 0 Å². The highest BCUT2D eigenvalue weighted by molar-refractivity contribution is 7.80. The van der Waals surface area contributed by atoms with Crippen LogP contribution >= 0.6 is 0 Å². The number of ether oxygens (including phenoxy) is 1. The van der Waals surface area contributed by atoms with E-state index in [-0.39, 0.29) is 17.0 Å². The first-order valence-corrected chi connectivity index (χ1v) is 7.21. The van der Waals surface area contributed by atoms with E-state index >= 15 is 0 Å². The minimum absolute atomic E-state index is 0.169. The largest absolute Gasteiger partial charge is 0.755 e. The lowest BCUT2D eigenvalue weighted by atomic mass is 10.0. The van der Waals surface area contributed by atoms with E-state index in [1.807, 2.05) is 0 Å². The average molecular weight is 348 g/mol. The van der Waals surface area contributed by atoms with E-state index in [4.69, 9.17) is 4.74 Å². The van der Waals surface area contributed by atoms with Crippen LogP contribution in [0.25, 0.3) is 11.1 Å². The number of nitrogens with one attached hydrogen (secondary N) is 1. The summed E-state index contributed by atoms with van der Waals surface area (Å²) in [6, 6.07) is 6.63. The first kappa shape index (κ1) is 17.2. The number of rotatable bonds is 4. The molecule has 0 amide bonds. The summed E-state index contributed by atoms with van der Waals surface area (Å²) in [5, 5.41) is 0. The fourth-order valence-electron chi connectivity index (χ4n) is 2.00. The van der Waals surface area contributed by atoms with Gasteiger partial charge in [0.1, 0.15) is 11.6 Å². The fourth-order valence-corrected chi connectivity index (χ4v) is 2.32. The minimum Gasteiger partial charge on any atom is -0.755 e. The lowest BCUT2D eigenvalue weighted by molar-refractivity contribution is -0.139. The number of hydrogen-bond acceptors (Lipinski definition) is 3. The van der Waals surface area contributed by atoms with Crippen LogP contribution in [0.2, 0.25) is 0 Å². The molecule has 0 fully saturated rings. The summed E-state index contributed by atoms with van der Waals surface area (Å²) in [5.41, 5.74) is -0.670. The van der Waals surface area contributed by atoms with E-state index in [1.54, 1.807) is 0 Å². The predicted octanol–water partition coefficient (Wildman–Crippen LogP) is 3.73. The van der Waals surface area contributed by atoms with Gasteiger partial charge in [-0.15, -0.1) is 0 Å². The third-order valence-electron chi connectivity index (χ3n) is 2.99. The van der Waals surface area contributed by atoms with Crippen molar-refractivity contribution in [1.29, 1.82) is 0 Å². The molecule has 0 heterocycles. The highest BCUT2D eigenvalue weighted by Crippen LogP contribution is 2.36. The molecule has 23 heavy (non-hydrogen) atoms. The third-order valence-corrected chi connectivity index (χ3v) is 3.39. The summed E-state index contributed by atoms with van der Waals surface area (Å²) >= 11 is -2.54.